The highest BCUT2D eigenvalue weighted by Gasteiger charge is 2.35. The van der Waals surface area contributed by atoms with Gasteiger partial charge in [-0.1, -0.05) is 106 Å². The van der Waals surface area contributed by atoms with Gasteiger partial charge in [-0.15, -0.1) is 13.2 Å². The summed E-state index contributed by atoms with van der Waals surface area (Å²) in [5, 5.41) is 0. The number of benzene rings is 2. The number of rotatable bonds is 16. The van der Waals surface area contributed by atoms with Crippen LogP contribution in [0.4, 0.5) is 0 Å². The fourth-order valence-electron chi connectivity index (χ4n) is 6.53. The summed E-state index contributed by atoms with van der Waals surface area (Å²) >= 11 is 0. The van der Waals surface area contributed by atoms with E-state index < -0.39 is 0 Å². The number of aryl methyl sites for hydroxylation is 2. The normalized spacial score (nSPS) is 15.6. The van der Waals surface area contributed by atoms with E-state index >= 15 is 0 Å². The van der Waals surface area contributed by atoms with Gasteiger partial charge in [0.15, 0.2) is 0 Å². The van der Waals surface area contributed by atoms with Crippen LogP contribution in [0.1, 0.15) is 124 Å². The molecule has 2 aromatic carbocycles. The van der Waals surface area contributed by atoms with Gasteiger partial charge in [0.1, 0.15) is 0 Å². The van der Waals surface area contributed by atoms with Crippen molar-refractivity contribution in [3.63, 3.8) is 0 Å². The molecule has 0 heteroatoms. The minimum Gasteiger partial charge on any atom is -0.103 e. The molecule has 4 rings (SSSR count). The van der Waals surface area contributed by atoms with Gasteiger partial charge in [0.2, 0.25) is 0 Å². The van der Waals surface area contributed by atoms with E-state index in [9.17, 15) is 0 Å². The molecule has 2 aliphatic rings. The molecule has 0 aromatic heterocycles. The van der Waals surface area contributed by atoms with Gasteiger partial charge in [0, 0.05) is 5.92 Å². The molecular formula is C37H48. The van der Waals surface area contributed by atoms with Gasteiger partial charge in [0.25, 0.3) is 0 Å². The molecule has 2 aliphatic carbocycles. The SMILES string of the molecule is C=CCCCCCCc1ccc2c(c1)C(C1=CC=CC1)c1c-2ccc(CCCCCCC=C)c1C(C)C. The van der Waals surface area contributed by atoms with E-state index in [2.05, 4.69) is 81.6 Å². The molecule has 1 atom stereocenters. The molecule has 0 bridgehead atoms. The van der Waals surface area contributed by atoms with Crippen LogP contribution in [0.2, 0.25) is 0 Å². The first kappa shape index (κ1) is 27.4. The molecule has 0 heterocycles. The van der Waals surface area contributed by atoms with Gasteiger partial charge in [-0.05, 0) is 103 Å². The Bertz CT molecular complexity index is 1120. The molecule has 37 heavy (non-hydrogen) atoms. The molecule has 0 fully saturated rings. The number of allylic oxidation sites excluding steroid dienone is 6. The van der Waals surface area contributed by atoms with Crippen molar-refractivity contribution >= 4 is 0 Å². The van der Waals surface area contributed by atoms with Crippen molar-refractivity contribution < 1.29 is 0 Å². The molecule has 0 spiro atoms. The van der Waals surface area contributed by atoms with Crippen LogP contribution in [0.3, 0.4) is 0 Å². The van der Waals surface area contributed by atoms with Crippen LogP contribution in [-0.4, -0.2) is 0 Å². The molecule has 0 radical (unpaired) electrons. The fraction of sp³-hybridized carbons (Fsp3) is 0.459. The number of unbranched alkanes of at least 4 members (excludes halogenated alkanes) is 8. The van der Waals surface area contributed by atoms with Gasteiger partial charge in [-0.3, -0.25) is 0 Å². The zero-order chi connectivity index (χ0) is 26.0. The van der Waals surface area contributed by atoms with E-state index in [1.807, 2.05) is 6.08 Å². The lowest BCUT2D eigenvalue weighted by Gasteiger charge is -2.24. The Kier molecular flexibility index (Phi) is 10.2. The second kappa shape index (κ2) is 13.8. The minimum atomic E-state index is 0.414. The fourth-order valence-corrected chi connectivity index (χ4v) is 6.53. The highest BCUT2D eigenvalue weighted by Crippen LogP contribution is 2.53. The monoisotopic (exact) mass is 492 g/mol. The Labute approximate surface area is 227 Å². The highest BCUT2D eigenvalue weighted by atomic mass is 14.4. The summed E-state index contributed by atoms with van der Waals surface area (Å²) in [7, 11) is 0. The molecule has 0 aliphatic heterocycles. The molecule has 1 unspecified atom stereocenters. The maximum absolute atomic E-state index is 3.87. The Morgan fingerprint density at radius 1 is 0.811 bits per heavy atom. The molecule has 0 N–H and O–H groups in total. The maximum atomic E-state index is 3.87. The number of hydrogen-bond acceptors (Lipinski definition) is 0. The Hall–Kier alpha value is -2.60. The van der Waals surface area contributed by atoms with Crippen molar-refractivity contribution in [3.8, 4) is 11.1 Å². The zero-order valence-corrected chi connectivity index (χ0v) is 23.5. The summed E-state index contributed by atoms with van der Waals surface area (Å²) in [6, 6.07) is 12.3. The predicted molar refractivity (Wildman–Crippen MR) is 164 cm³/mol. The smallest absolute Gasteiger partial charge is 0.0320 e. The topological polar surface area (TPSA) is 0 Å². The largest absolute Gasteiger partial charge is 0.103 e. The van der Waals surface area contributed by atoms with Gasteiger partial charge >= 0.3 is 0 Å². The van der Waals surface area contributed by atoms with Crippen LogP contribution in [0, 0.1) is 0 Å². The van der Waals surface area contributed by atoms with E-state index in [1.165, 1.54) is 80.9 Å². The van der Waals surface area contributed by atoms with Crippen molar-refractivity contribution in [3.05, 3.63) is 107 Å². The van der Waals surface area contributed by atoms with Crippen LogP contribution >= 0.6 is 0 Å². The summed E-state index contributed by atoms with van der Waals surface area (Å²) in [6.45, 7) is 12.5. The number of hydrogen-bond donors (Lipinski definition) is 0. The van der Waals surface area contributed by atoms with E-state index in [0.717, 1.165) is 19.3 Å². The van der Waals surface area contributed by atoms with E-state index in [1.54, 1.807) is 27.8 Å². The highest BCUT2D eigenvalue weighted by molar-refractivity contribution is 5.83. The molecule has 0 amide bonds. The summed E-state index contributed by atoms with van der Waals surface area (Å²) in [4.78, 5) is 0. The van der Waals surface area contributed by atoms with Crippen LogP contribution in [0.15, 0.2) is 79.4 Å². The first-order valence-corrected chi connectivity index (χ1v) is 15.0. The standard InChI is InChI=1S/C37H48/c1-5-7-9-11-13-15-19-29-23-25-32-33-26-24-31(20-16-14-12-10-8-6-2)35(28(3)4)37(33)36(34(32)27-29)30-21-17-18-22-30/h5-6,17-18,21,23-28,36H,1-2,7-16,19-20,22H2,3-4H3. The third kappa shape index (κ3) is 6.64. The second-order valence-electron chi connectivity index (χ2n) is 11.5. The van der Waals surface area contributed by atoms with Crippen LogP contribution < -0.4 is 0 Å². The lowest BCUT2D eigenvalue weighted by molar-refractivity contribution is 0.642. The quantitative estimate of drug-likeness (QED) is 0.161. The summed E-state index contributed by atoms with van der Waals surface area (Å²) in [5.41, 5.74) is 12.4. The van der Waals surface area contributed by atoms with Crippen LogP contribution in [0.5, 0.6) is 0 Å². The van der Waals surface area contributed by atoms with Gasteiger partial charge in [-0.25, -0.2) is 0 Å². The summed E-state index contributed by atoms with van der Waals surface area (Å²) in [5.74, 6) is 0.949. The Balaban J connectivity index is 1.59. The Morgan fingerprint density at radius 3 is 2.14 bits per heavy atom. The molecule has 196 valence electrons. The molecule has 0 saturated carbocycles. The zero-order valence-electron chi connectivity index (χ0n) is 23.5. The first-order valence-electron chi connectivity index (χ1n) is 15.0. The average Bonchev–Trinajstić information content (AvgIpc) is 3.53. The maximum Gasteiger partial charge on any atom is 0.0320 e. The van der Waals surface area contributed by atoms with Crippen LogP contribution in [-0.2, 0) is 12.8 Å². The lowest BCUT2D eigenvalue weighted by Crippen LogP contribution is -2.08. The molecular weight excluding hydrogens is 444 g/mol. The van der Waals surface area contributed by atoms with Crippen molar-refractivity contribution in [1.82, 2.24) is 0 Å². The van der Waals surface area contributed by atoms with Gasteiger partial charge in [-0.2, -0.15) is 0 Å². The lowest BCUT2D eigenvalue weighted by atomic mass is 9.80. The van der Waals surface area contributed by atoms with Crippen molar-refractivity contribution in [2.45, 2.75) is 109 Å². The minimum absolute atomic E-state index is 0.414. The van der Waals surface area contributed by atoms with Crippen molar-refractivity contribution in [2.75, 3.05) is 0 Å². The third-order valence-corrected chi connectivity index (χ3v) is 8.36. The molecule has 2 aromatic rings. The van der Waals surface area contributed by atoms with Crippen molar-refractivity contribution in [1.29, 1.82) is 0 Å². The first-order chi connectivity index (χ1) is 18.2. The predicted octanol–water partition coefficient (Wildman–Crippen LogP) is 11.2. The van der Waals surface area contributed by atoms with Gasteiger partial charge in [0.05, 0.1) is 0 Å². The average molecular weight is 493 g/mol. The van der Waals surface area contributed by atoms with Crippen molar-refractivity contribution in [2.24, 2.45) is 0 Å². The van der Waals surface area contributed by atoms with E-state index in [4.69, 9.17) is 0 Å². The molecule has 0 nitrogen and oxygen atoms in total. The van der Waals surface area contributed by atoms with Crippen LogP contribution in [0.25, 0.3) is 11.1 Å². The van der Waals surface area contributed by atoms with Gasteiger partial charge < -0.3 is 0 Å². The van der Waals surface area contributed by atoms with E-state index in [0.29, 0.717) is 11.8 Å². The molecule has 0 saturated heterocycles. The second-order valence-corrected chi connectivity index (χ2v) is 11.5. The summed E-state index contributed by atoms with van der Waals surface area (Å²) < 4.78 is 0. The summed E-state index contributed by atoms with van der Waals surface area (Å²) in [6.07, 6.45) is 27.3. The number of fused-ring (bicyclic) bond motifs is 3. The Morgan fingerprint density at radius 2 is 1.49 bits per heavy atom. The third-order valence-electron chi connectivity index (χ3n) is 8.36. The van der Waals surface area contributed by atoms with E-state index in [-0.39, 0.29) is 0 Å².